The van der Waals surface area contributed by atoms with Gasteiger partial charge in [0.05, 0.1) is 119 Å². The van der Waals surface area contributed by atoms with Crippen LogP contribution in [0.1, 0.15) is 32.1 Å². The minimum atomic E-state index is -1.10. The van der Waals surface area contributed by atoms with Gasteiger partial charge in [0.2, 0.25) is 17.7 Å². The molecule has 0 bridgehead atoms. The van der Waals surface area contributed by atoms with Crippen LogP contribution in [0.25, 0.3) is 0 Å². The van der Waals surface area contributed by atoms with Gasteiger partial charge in [-0.3, -0.25) is 33.7 Å². The van der Waals surface area contributed by atoms with E-state index in [2.05, 4.69) is 5.32 Å². The van der Waals surface area contributed by atoms with Gasteiger partial charge in [-0.2, -0.15) is 0 Å². The van der Waals surface area contributed by atoms with Gasteiger partial charge in [0.1, 0.15) is 12.2 Å². The highest BCUT2D eigenvalue weighted by Gasteiger charge is 2.39. The van der Waals surface area contributed by atoms with Crippen molar-refractivity contribution < 1.29 is 71.8 Å². The maximum Gasteiger partial charge on any atom is 0.305 e. The Labute approximate surface area is 309 Å². The van der Waals surface area contributed by atoms with Crippen LogP contribution in [0.5, 0.6) is 0 Å². The summed E-state index contributed by atoms with van der Waals surface area (Å²) in [5.41, 5.74) is 0. The maximum atomic E-state index is 13.6. The number of carbonyl (C=O) groups excluding carboxylic acids is 5. The molecule has 19 heteroatoms. The molecule has 3 heterocycles. The lowest BCUT2D eigenvalue weighted by atomic mass is 10.2. The molecule has 3 rings (SSSR count). The molecule has 0 saturated carbocycles. The van der Waals surface area contributed by atoms with Crippen LogP contribution in [0.4, 0.5) is 0 Å². The molecule has 2 fully saturated rings. The first-order chi connectivity index (χ1) is 25.8. The second-order valence-corrected chi connectivity index (χ2v) is 12.0. The fourth-order valence-electron chi connectivity index (χ4n) is 5.47. The van der Waals surface area contributed by atoms with Crippen LogP contribution in [-0.2, 0) is 66.7 Å². The van der Waals surface area contributed by atoms with E-state index < -0.39 is 35.9 Å². The van der Waals surface area contributed by atoms with Gasteiger partial charge < -0.3 is 58.1 Å². The Bertz CT molecular complexity index is 1170. The Hall–Kier alpha value is -3.56. The number of nitrogens with zero attached hydrogens (tertiary/aromatic N) is 3. The van der Waals surface area contributed by atoms with E-state index in [0.717, 1.165) is 17.1 Å². The molecule has 0 aromatic heterocycles. The van der Waals surface area contributed by atoms with Crippen LogP contribution in [0.15, 0.2) is 12.2 Å². The summed E-state index contributed by atoms with van der Waals surface area (Å²) in [5, 5.41) is 11.3. The summed E-state index contributed by atoms with van der Waals surface area (Å²) < 4.78 is 43.5. The Morgan fingerprint density at radius 3 is 1.40 bits per heavy atom. The van der Waals surface area contributed by atoms with Gasteiger partial charge in [-0.15, -0.1) is 0 Å². The summed E-state index contributed by atoms with van der Waals surface area (Å²) in [6.07, 6.45) is 3.24. The van der Waals surface area contributed by atoms with Crippen molar-refractivity contribution in [1.29, 1.82) is 0 Å². The Kier molecular flexibility index (Phi) is 21.7. The number of imide groups is 1. The zero-order chi connectivity index (χ0) is 38.1. The molecular formula is C34H54N4O15. The van der Waals surface area contributed by atoms with Crippen molar-refractivity contribution >= 4 is 35.5 Å². The molecule has 0 aromatic rings. The number of carboxylic acid groups (broad SMARTS) is 1. The zero-order valence-electron chi connectivity index (χ0n) is 30.3. The number of likely N-dealkylation sites (tertiary alicyclic amines) is 2. The number of carbonyl (C=O) groups is 6. The van der Waals surface area contributed by atoms with Gasteiger partial charge in [-0.05, 0) is 12.8 Å². The van der Waals surface area contributed by atoms with E-state index in [1.54, 1.807) is 0 Å². The van der Waals surface area contributed by atoms with E-state index in [0.29, 0.717) is 112 Å². The second-order valence-electron chi connectivity index (χ2n) is 12.0. The van der Waals surface area contributed by atoms with Gasteiger partial charge in [0.15, 0.2) is 0 Å². The van der Waals surface area contributed by atoms with E-state index in [1.807, 2.05) is 0 Å². The summed E-state index contributed by atoms with van der Waals surface area (Å²) in [4.78, 5) is 77.3. The molecule has 0 spiro atoms. The SMILES string of the molecule is O=C(O)CCOCCOCCOCCOCCOCCOCCOCCOCC(NC(=O)C(CN1C(=O)C=CC1=O)N1CCCC1=O)N1CCCC1=O. The van der Waals surface area contributed by atoms with Crippen molar-refractivity contribution in [2.24, 2.45) is 0 Å². The van der Waals surface area contributed by atoms with Crippen molar-refractivity contribution in [1.82, 2.24) is 20.0 Å². The molecule has 3 aliphatic rings. The van der Waals surface area contributed by atoms with E-state index in [1.165, 1.54) is 9.80 Å². The van der Waals surface area contributed by atoms with Gasteiger partial charge in [0.25, 0.3) is 11.8 Å². The van der Waals surface area contributed by atoms with Crippen molar-refractivity contribution in [2.45, 2.75) is 44.3 Å². The first-order valence-electron chi connectivity index (χ1n) is 18.0. The molecule has 0 aromatic carbocycles. The fraction of sp³-hybridized carbons (Fsp3) is 0.765. The average Bonchev–Trinajstić information content (AvgIpc) is 3.85. The van der Waals surface area contributed by atoms with Crippen LogP contribution in [0.2, 0.25) is 0 Å². The number of hydrogen-bond acceptors (Lipinski definition) is 14. The predicted octanol–water partition coefficient (Wildman–Crippen LogP) is -1.43. The fourth-order valence-corrected chi connectivity index (χ4v) is 5.47. The summed E-state index contributed by atoms with van der Waals surface area (Å²) >= 11 is 0. The van der Waals surface area contributed by atoms with Crippen molar-refractivity contribution in [2.75, 3.05) is 125 Å². The Morgan fingerprint density at radius 2 is 1.00 bits per heavy atom. The second kappa shape index (κ2) is 26.3. The van der Waals surface area contributed by atoms with Crippen LogP contribution in [0.3, 0.4) is 0 Å². The average molecular weight is 759 g/mol. The molecular weight excluding hydrogens is 704 g/mol. The smallest absolute Gasteiger partial charge is 0.305 e. The van der Waals surface area contributed by atoms with Gasteiger partial charge in [-0.1, -0.05) is 0 Å². The zero-order valence-corrected chi connectivity index (χ0v) is 30.3. The summed E-state index contributed by atoms with van der Waals surface area (Å²) in [5.74, 6) is -2.94. The highest BCUT2D eigenvalue weighted by atomic mass is 16.6. The van der Waals surface area contributed by atoms with E-state index in [9.17, 15) is 28.8 Å². The molecule has 53 heavy (non-hydrogen) atoms. The monoisotopic (exact) mass is 758 g/mol. The van der Waals surface area contributed by atoms with Crippen molar-refractivity contribution in [3.8, 4) is 0 Å². The summed E-state index contributed by atoms with van der Waals surface area (Å²) in [6, 6.07) is -1.10. The number of carboxylic acids is 1. The number of aliphatic carboxylic acids is 1. The summed E-state index contributed by atoms with van der Waals surface area (Å²) in [6.45, 7) is 5.78. The van der Waals surface area contributed by atoms with Crippen LogP contribution in [-0.4, -0.2) is 193 Å². The third-order valence-electron chi connectivity index (χ3n) is 8.18. The van der Waals surface area contributed by atoms with Crippen molar-refractivity contribution in [3.05, 3.63) is 12.2 Å². The van der Waals surface area contributed by atoms with Crippen LogP contribution < -0.4 is 5.32 Å². The molecule has 19 nitrogen and oxygen atoms in total. The minimum absolute atomic E-state index is 0.0136. The molecule has 0 radical (unpaired) electrons. The molecule has 2 unspecified atom stereocenters. The molecule has 0 aliphatic carbocycles. The minimum Gasteiger partial charge on any atom is -0.481 e. The van der Waals surface area contributed by atoms with Crippen LogP contribution >= 0.6 is 0 Å². The number of rotatable bonds is 32. The summed E-state index contributed by atoms with van der Waals surface area (Å²) in [7, 11) is 0. The number of amides is 5. The highest BCUT2D eigenvalue weighted by Crippen LogP contribution is 2.18. The molecule has 3 aliphatic heterocycles. The lowest BCUT2D eigenvalue weighted by molar-refractivity contribution is -0.145. The lowest BCUT2D eigenvalue weighted by Crippen LogP contribution is -2.59. The van der Waals surface area contributed by atoms with Gasteiger partial charge >= 0.3 is 5.97 Å². The van der Waals surface area contributed by atoms with E-state index in [4.69, 9.17) is 43.0 Å². The van der Waals surface area contributed by atoms with E-state index >= 15 is 0 Å². The largest absolute Gasteiger partial charge is 0.481 e. The maximum absolute atomic E-state index is 13.6. The third-order valence-corrected chi connectivity index (χ3v) is 8.18. The first-order valence-corrected chi connectivity index (χ1v) is 18.0. The van der Waals surface area contributed by atoms with Crippen LogP contribution in [0, 0.1) is 0 Å². The molecule has 2 saturated heterocycles. The first kappa shape index (κ1) is 43.8. The Balaban J connectivity index is 1.18. The molecule has 2 N–H and O–H groups in total. The van der Waals surface area contributed by atoms with Crippen molar-refractivity contribution in [3.63, 3.8) is 0 Å². The van der Waals surface area contributed by atoms with Gasteiger partial charge in [0, 0.05) is 38.1 Å². The standard InChI is InChI=1S/C34H54N4O15/c39-29-3-1-8-36(29)27(25-38-31(41)5-6-32(38)42)34(45)35-28(37-9-2-4-30(37)40)26-53-24-23-52-22-21-51-20-19-50-18-17-49-16-15-48-14-13-47-12-11-46-10-7-33(43)44/h5-6,27-28H,1-4,7-26H2,(H,35,45)(H,43,44). The predicted molar refractivity (Wildman–Crippen MR) is 182 cm³/mol. The molecule has 2 atom stereocenters. The molecule has 300 valence electrons. The Morgan fingerprint density at radius 1 is 0.604 bits per heavy atom. The lowest BCUT2D eigenvalue weighted by Gasteiger charge is -2.33. The highest BCUT2D eigenvalue weighted by molar-refractivity contribution is 6.13. The third kappa shape index (κ3) is 17.4. The van der Waals surface area contributed by atoms with Gasteiger partial charge in [-0.25, -0.2) is 0 Å². The number of nitrogens with one attached hydrogen (secondary N) is 1. The number of hydrogen-bond donors (Lipinski definition) is 2. The normalized spacial score (nSPS) is 17.1. The molecule has 5 amide bonds. The quantitative estimate of drug-likeness (QED) is 0.0594. The number of ether oxygens (including phenoxy) is 8. The van der Waals surface area contributed by atoms with E-state index in [-0.39, 0.29) is 57.6 Å². The topological polar surface area (TPSA) is 218 Å².